The Morgan fingerprint density at radius 2 is 2.05 bits per heavy atom. The number of hydrogen-bond acceptors (Lipinski definition) is 4. The van der Waals surface area contributed by atoms with Gasteiger partial charge in [0.15, 0.2) is 0 Å². The third-order valence-corrected chi connectivity index (χ3v) is 4.76. The molecule has 0 radical (unpaired) electrons. The number of benzene rings is 1. The summed E-state index contributed by atoms with van der Waals surface area (Å²) in [5.41, 5.74) is 0.251. The van der Waals surface area contributed by atoms with E-state index in [4.69, 9.17) is 27.9 Å². The second-order valence-electron chi connectivity index (χ2n) is 4.50. The van der Waals surface area contributed by atoms with Crippen LogP contribution in [-0.4, -0.2) is 47.4 Å². The molecule has 124 valence electrons. The highest BCUT2D eigenvalue weighted by Crippen LogP contribution is 2.33. The molecule has 1 rings (SSSR count). The second-order valence-corrected chi connectivity index (χ2v) is 7.19. The van der Waals surface area contributed by atoms with Crippen molar-refractivity contribution in [3.63, 3.8) is 0 Å². The Morgan fingerprint density at radius 3 is 2.64 bits per heavy atom. The van der Waals surface area contributed by atoms with Crippen molar-refractivity contribution in [1.82, 2.24) is 5.32 Å². The Morgan fingerprint density at radius 1 is 1.36 bits per heavy atom. The Bertz CT molecular complexity index is 622. The fourth-order valence-corrected chi connectivity index (χ4v) is 3.11. The molecular formula is C13H18Cl2N2O4S. The van der Waals surface area contributed by atoms with Crippen LogP contribution in [0.15, 0.2) is 18.2 Å². The van der Waals surface area contributed by atoms with Gasteiger partial charge in [-0.3, -0.25) is 9.10 Å². The largest absolute Gasteiger partial charge is 0.383 e. The average molecular weight is 369 g/mol. The summed E-state index contributed by atoms with van der Waals surface area (Å²) in [5, 5.41) is 3.00. The lowest BCUT2D eigenvalue weighted by Crippen LogP contribution is -2.35. The molecule has 0 unspecified atom stereocenters. The number of amides is 1. The van der Waals surface area contributed by atoms with E-state index in [0.29, 0.717) is 13.2 Å². The number of hydrogen-bond donors (Lipinski definition) is 1. The summed E-state index contributed by atoms with van der Waals surface area (Å²) in [6.45, 7) is 0.728. The number of methoxy groups -OCH3 is 1. The molecule has 0 aliphatic heterocycles. The van der Waals surface area contributed by atoms with E-state index >= 15 is 0 Å². The lowest BCUT2D eigenvalue weighted by atomic mass is 10.3. The Kier molecular flexibility index (Phi) is 7.41. The van der Waals surface area contributed by atoms with Crippen molar-refractivity contribution in [2.75, 3.05) is 37.4 Å². The third kappa shape index (κ3) is 5.64. The fraction of sp³-hybridized carbons (Fsp3) is 0.462. The molecule has 22 heavy (non-hydrogen) atoms. The molecule has 1 aromatic rings. The van der Waals surface area contributed by atoms with E-state index in [2.05, 4.69) is 5.32 Å². The van der Waals surface area contributed by atoms with Gasteiger partial charge in [-0.15, -0.1) is 0 Å². The van der Waals surface area contributed by atoms with Crippen LogP contribution in [0.1, 0.15) is 6.42 Å². The number of sulfonamides is 1. The maximum Gasteiger partial charge on any atom is 0.232 e. The van der Waals surface area contributed by atoms with Gasteiger partial charge in [0.05, 0.1) is 28.6 Å². The SMILES string of the molecule is COCCNC(=O)CCN(c1cccc(Cl)c1Cl)S(C)(=O)=O. The summed E-state index contributed by atoms with van der Waals surface area (Å²) in [7, 11) is -2.07. The van der Waals surface area contributed by atoms with Crippen LogP contribution in [0.2, 0.25) is 10.0 Å². The lowest BCUT2D eigenvalue weighted by Gasteiger charge is -2.23. The molecule has 9 heteroatoms. The first-order valence-corrected chi connectivity index (χ1v) is 9.05. The number of carbonyl (C=O) groups excluding carboxylic acids is 1. The summed E-state index contributed by atoms with van der Waals surface area (Å²) in [6, 6.07) is 4.70. The smallest absolute Gasteiger partial charge is 0.232 e. The first kappa shape index (κ1) is 19.0. The van der Waals surface area contributed by atoms with Gasteiger partial charge in [-0.2, -0.15) is 0 Å². The van der Waals surface area contributed by atoms with Crippen LogP contribution in [-0.2, 0) is 19.6 Å². The maximum atomic E-state index is 11.9. The first-order valence-electron chi connectivity index (χ1n) is 6.44. The molecule has 0 atom stereocenters. The van der Waals surface area contributed by atoms with E-state index in [-0.39, 0.29) is 34.6 Å². The van der Waals surface area contributed by atoms with Gasteiger partial charge < -0.3 is 10.1 Å². The summed E-state index contributed by atoms with van der Waals surface area (Å²) >= 11 is 12.0. The minimum atomic E-state index is -3.59. The zero-order valence-electron chi connectivity index (χ0n) is 12.3. The summed E-state index contributed by atoms with van der Waals surface area (Å²) in [6.07, 6.45) is 1.05. The quantitative estimate of drug-likeness (QED) is 0.711. The molecule has 0 spiro atoms. The normalized spacial score (nSPS) is 11.3. The van der Waals surface area contributed by atoms with Crippen LogP contribution < -0.4 is 9.62 Å². The highest BCUT2D eigenvalue weighted by molar-refractivity contribution is 7.92. The predicted octanol–water partition coefficient (Wildman–Crippen LogP) is 1.91. The number of halogens is 2. The summed E-state index contributed by atoms with van der Waals surface area (Å²) in [4.78, 5) is 11.7. The minimum Gasteiger partial charge on any atom is -0.383 e. The van der Waals surface area contributed by atoms with Gasteiger partial charge in [-0.1, -0.05) is 29.3 Å². The molecule has 0 saturated heterocycles. The minimum absolute atomic E-state index is 0.000371. The highest BCUT2D eigenvalue weighted by Gasteiger charge is 2.21. The van der Waals surface area contributed by atoms with Crippen molar-refractivity contribution in [3.05, 3.63) is 28.2 Å². The molecule has 0 aromatic heterocycles. The average Bonchev–Trinajstić information content (AvgIpc) is 2.42. The van der Waals surface area contributed by atoms with Crippen molar-refractivity contribution >= 4 is 44.8 Å². The molecule has 0 saturated carbocycles. The van der Waals surface area contributed by atoms with Crippen LogP contribution in [0, 0.1) is 0 Å². The molecule has 0 heterocycles. The van der Waals surface area contributed by atoms with E-state index in [1.54, 1.807) is 12.1 Å². The molecule has 1 amide bonds. The van der Waals surface area contributed by atoms with Crippen LogP contribution in [0.3, 0.4) is 0 Å². The number of carbonyl (C=O) groups is 1. The van der Waals surface area contributed by atoms with Crippen molar-refractivity contribution in [3.8, 4) is 0 Å². The monoisotopic (exact) mass is 368 g/mol. The molecule has 6 nitrogen and oxygen atoms in total. The van der Waals surface area contributed by atoms with E-state index in [1.807, 2.05) is 0 Å². The van der Waals surface area contributed by atoms with Crippen molar-refractivity contribution in [2.45, 2.75) is 6.42 Å². The van der Waals surface area contributed by atoms with Crippen LogP contribution in [0.25, 0.3) is 0 Å². The molecule has 0 fully saturated rings. The predicted molar refractivity (Wildman–Crippen MR) is 88.2 cm³/mol. The molecule has 0 aliphatic rings. The van der Waals surface area contributed by atoms with Crippen LogP contribution in [0.4, 0.5) is 5.69 Å². The molecule has 1 aromatic carbocycles. The first-order chi connectivity index (χ1) is 10.3. The number of rotatable bonds is 8. The van der Waals surface area contributed by atoms with Gasteiger partial charge in [0.1, 0.15) is 0 Å². The van der Waals surface area contributed by atoms with Gasteiger partial charge >= 0.3 is 0 Å². The zero-order chi connectivity index (χ0) is 16.8. The summed E-state index contributed by atoms with van der Waals surface area (Å²) < 4.78 is 29.8. The zero-order valence-corrected chi connectivity index (χ0v) is 14.6. The topological polar surface area (TPSA) is 75.7 Å². The van der Waals surface area contributed by atoms with E-state index in [0.717, 1.165) is 10.6 Å². The van der Waals surface area contributed by atoms with Crippen molar-refractivity contribution in [2.24, 2.45) is 0 Å². The highest BCUT2D eigenvalue weighted by atomic mass is 35.5. The molecule has 0 aliphatic carbocycles. The van der Waals surface area contributed by atoms with Crippen molar-refractivity contribution < 1.29 is 17.9 Å². The van der Waals surface area contributed by atoms with Gasteiger partial charge in [0.25, 0.3) is 0 Å². The molecule has 1 N–H and O–H groups in total. The van der Waals surface area contributed by atoms with Gasteiger partial charge in [-0.25, -0.2) is 8.42 Å². The molecule has 0 bridgehead atoms. The number of anilines is 1. The summed E-state index contributed by atoms with van der Waals surface area (Å²) in [5.74, 6) is -0.274. The Labute approximate surface area is 140 Å². The van der Waals surface area contributed by atoms with Gasteiger partial charge in [0, 0.05) is 26.6 Å². The Hall–Kier alpha value is -1.02. The molecular weight excluding hydrogens is 351 g/mol. The van der Waals surface area contributed by atoms with Crippen LogP contribution in [0.5, 0.6) is 0 Å². The van der Waals surface area contributed by atoms with Crippen LogP contribution >= 0.6 is 23.2 Å². The number of nitrogens with one attached hydrogen (secondary N) is 1. The van der Waals surface area contributed by atoms with E-state index in [9.17, 15) is 13.2 Å². The standard InChI is InChI=1S/C13H18Cl2N2O4S/c1-21-9-7-16-12(18)6-8-17(22(2,19)20)11-5-3-4-10(14)13(11)15/h3-5H,6-9H2,1-2H3,(H,16,18). The second kappa shape index (κ2) is 8.57. The fourth-order valence-electron chi connectivity index (χ4n) is 1.73. The van der Waals surface area contributed by atoms with Gasteiger partial charge in [0.2, 0.25) is 15.9 Å². The maximum absolute atomic E-state index is 11.9. The number of ether oxygens (including phenoxy) is 1. The Balaban J connectivity index is 2.84. The van der Waals surface area contributed by atoms with Crippen molar-refractivity contribution in [1.29, 1.82) is 0 Å². The number of nitrogens with zero attached hydrogens (tertiary/aromatic N) is 1. The third-order valence-electron chi connectivity index (χ3n) is 2.77. The van der Waals surface area contributed by atoms with E-state index in [1.165, 1.54) is 13.2 Å². The van der Waals surface area contributed by atoms with Gasteiger partial charge in [-0.05, 0) is 12.1 Å². The van der Waals surface area contributed by atoms with E-state index < -0.39 is 10.0 Å². The lowest BCUT2D eigenvalue weighted by molar-refractivity contribution is -0.121.